The van der Waals surface area contributed by atoms with Crippen LogP contribution < -0.4 is 5.32 Å². The maximum absolute atomic E-state index is 12.6. The normalized spacial score (nSPS) is 11.4. The fourth-order valence-corrected chi connectivity index (χ4v) is 4.04. The van der Waals surface area contributed by atoms with Gasteiger partial charge in [0.2, 0.25) is 0 Å². The van der Waals surface area contributed by atoms with Gasteiger partial charge in [-0.05, 0) is 35.7 Å². The van der Waals surface area contributed by atoms with Crippen molar-refractivity contribution in [3.05, 3.63) is 76.4 Å². The number of hydrogen-bond acceptors (Lipinski definition) is 4. The van der Waals surface area contributed by atoms with Gasteiger partial charge in [-0.1, -0.05) is 42.8 Å². The van der Waals surface area contributed by atoms with Gasteiger partial charge in [0.05, 0.1) is 22.7 Å². The summed E-state index contributed by atoms with van der Waals surface area (Å²) in [4.78, 5) is 12.5. The maximum Gasteiger partial charge on any atom is 0.256 e. The first kappa shape index (κ1) is 20.1. The average Bonchev–Trinajstić information content (AvgIpc) is 3.08. The van der Waals surface area contributed by atoms with E-state index < -0.39 is 15.7 Å². The van der Waals surface area contributed by atoms with Crippen molar-refractivity contribution in [2.45, 2.75) is 24.8 Å². The lowest BCUT2D eigenvalue weighted by atomic mass is 10.1. The van der Waals surface area contributed by atoms with Gasteiger partial charge in [-0.15, -0.1) is 0 Å². The van der Waals surface area contributed by atoms with Crippen LogP contribution in [0.15, 0.2) is 59.6 Å². The Morgan fingerprint density at radius 1 is 1.11 bits per heavy atom. The summed E-state index contributed by atoms with van der Waals surface area (Å²) in [5.41, 5.74) is 2.51. The van der Waals surface area contributed by atoms with Gasteiger partial charge in [0, 0.05) is 17.9 Å². The zero-order valence-electron chi connectivity index (χ0n) is 15.5. The van der Waals surface area contributed by atoms with Gasteiger partial charge in [0.1, 0.15) is 5.82 Å². The van der Waals surface area contributed by atoms with Crippen molar-refractivity contribution in [3.63, 3.8) is 0 Å². The van der Waals surface area contributed by atoms with Crippen LogP contribution in [-0.2, 0) is 22.8 Å². The Kier molecular flexibility index (Phi) is 5.86. The van der Waals surface area contributed by atoms with E-state index in [0.717, 1.165) is 18.2 Å². The molecule has 0 aliphatic heterocycles. The fourth-order valence-electron chi connectivity index (χ4n) is 2.74. The number of amides is 1. The molecule has 1 N–H and O–H groups in total. The van der Waals surface area contributed by atoms with E-state index in [4.69, 9.17) is 11.6 Å². The molecule has 8 heteroatoms. The molecule has 0 spiro atoms. The van der Waals surface area contributed by atoms with Crippen molar-refractivity contribution in [2.24, 2.45) is 0 Å². The van der Waals surface area contributed by atoms with Crippen LogP contribution in [0.3, 0.4) is 0 Å². The highest BCUT2D eigenvalue weighted by Crippen LogP contribution is 2.23. The van der Waals surface area contributed by atoms with Gasteiger partial charge in [-0.2, -0.15) is 5.10 Å². The number of nitrogens with zero attached hydrogens (tertiary/aromatic N) is 2. The molecule has 0 fully saturated rings. The second-order valence-electron chi connectivity index (χ2n) is 6.42. The molecule has 6 nitrogen and oxygen atoms in total. The number of aryl methyl sites for hydroxylation is 1. The molecule has 3 aromatic rings. The minimum Gasteiger partial charge on any atom is -0.307 e. The molecule has 28 heavy (non-hydrogen) atoms. The molecule has 0 saturated heterocycles. The molecule has 0 radical (unpaired) electrons. The van der Waals surface area contributed by atoms with E-state index in [1.54, 1.807) is 16.9 Å². The van der Waals surface area contributed by atoms with E-state index >= 15 is 0 Å². The first-order valence-corrected chi connectivity index (χ1v) is 11.0. The summed E-state index contributed by atoms with van der Waals surface area (Å²) >= 11 is 5.94. The summed E-state index contributed by atoms with van der Waals surface area (Å²) in [5, 5.41) is 7.11. The molecule has 1 aromatic heterocycles. The number of carbonyl (C=O) groups is 1. The average molecular weight is 418 g/mol. The highest BCUT2D eigenvalue weighted by atomic mass is 35.5. The van der Waals surface area contributed by atoms with Crippen molar-refractivity contribution in [2.75, 3.05) is 11.6 Å². The predicted molar refractivity (Wildman–Crippen MR) is 110 cm³/mol. The smallest absolute Gasteiger partial charge is 0.256 e. The molecule has 0 unspecified atom stereocenters. The molecular formula is C20H20ClN3O3S. The van der Waals surface area contributed by atoms with Crippen LogP contribution >= 0.6 is 11.6 Å². The van der Waals surface area contributed by atoms with Gasteiger partial charge >= 0.3 is 0 Å². The Hall–Kier alpha value is -2.64. The number of hydrogen-bond donors (Lipinski definition) is 1. The number of rotatable bonds is 6. The van der Waals surface area contributed by atoms with Gasteiger partial charge in [-0.3, -0.25) is 4.79 Å². The van der Waals surface area contributed by atoms with Crippen molar-refractivity contribution in [1.29, 1.82) is 0 Å². The Bertz CT molecular complexity index is 1110. The summed E-state index contributed by atoms with van der Waals surface area (Å²) in [6.45, 7) is 2.60. The van der Waals surface area contributed by atoms with Gasteiger partial charge in [0.25, 0.3) is 5.91 Å². The number of sulfone groups is 1. The molecule has 0 bridgehead atoms. The minimum atomic E-state index is -3.54. The van der Waals surface area contributed by atoms with Crippen LogP contribution in [0.4, 0.5) is 5.82 Å². The monoisotopic (exact) mass is 417 g/mol. The van der Waals surface area contributed by atoms with E-state index in [9.17, 15) is 13.2 Å². The summed E-state index contributed by atoms with van der Waals surface area (Å²) in [6, 6.07) is 14.0. The second kappa shape index (κ2) is 8.16. The number of anilines is 1. The zero-order chi connectivity index (χ0) is 20.3. The summed E-state index contributed by atoms with van der Waals surface area (Å²) in [7, 11) is -3.54. The Morgan fingerprint density at radius 3 is 2.43 bits per heavy atom. The highest BCUT2D eigenvalue weighted by Gasteiger charge is 2.17. The molecule has 1 heterocycles. The van der Waals surface area contributed by atoms with Crippen LogP contribution in [0.25, 0.3) is 0 Å². The fraction of sp³-hybridized carbons (Fsp3) is 0.200. The van der Waals surface area contributed by atoms with Crippen molar-refractivity contribution < 1.29 is 13.2 Å². The van der Waals surface area contributed by atoms with E-state index in [0.29, 0.717) is 12.4 Å². The summed E-state index contributed by atoms with van der Waals surface area (Å²) in [6.07, 6.45) is 3.62. The standard InChI is InChI=1S/C20H20ClN3O3S/c1-3-14-4-6-15(7-5-14)13-24-19(10-11-22-24)23-20(25)16-8-9-17(21)18(12-16)28(2,26)27/h4-12H,3,13H2,1-2H3,(H,23,25). The topological polar surface area (TPSA) is 81.1 Å². The third-order valence-electron chi connectivity index (χ3n) is 4.31. The molecule has 146 valence electrons. The molecule has 2 aromatic carbocycles. The number of nitrogens with one attached hydrogen (secondary N) is 1. The number of benzene rings is 2. The Labute approximate surface area is 169 Å². The summed E-state index contributed by atoms with van der Waals surface area (Å²) in [5.74, 6) is 0.0741. The van der Waals surface area contributed by atoms with Crippen molar-refractivity contribution >= 4 is 33.2 Å². The molecule has 0 aliphatic carbocycles. The van der Waals surface area contributed by atoms with Gasteiger partial charge in [0.15, 0.2) is 9.84 Å². The van der Waals surface area contributed by atoms with Crippen LogP contribution in [0.2, 0.25) is 5.02 Å². The molecule has 0 saturated carbocycles. The van der Waals surface area contributed by atoms with E-state index in [1.165, 1.54) is 23.8 Å². The lowest BCUT2D eigenvalue weighted by Crippen LogP contribution is -2.16. The van der Waals surface area contributed by atoms with Crippen LogP contribution in [0, 0.1) is 0 Å². The highest BCUT2D eigenvalue weighted by molar-refractivity contribution is 7.90. The lowest BCUT2D eigenvalue weighted by molar-refractivity contribution is 0.102. The molecular weight excluding hydrogens is 398 g/mol. The third kappa shape index (κ3) is 4.61. The number of carbonyl (C=O) groups excluding carboxylic acids is 1. The maximum atomic E-state index is 12.6. The van der Waals surface area contributed by atoms with Crippen molar-refractivity contribution in [3.8, 4) is 0 Å². The van der Waals surface area contributed by atoms with Gasteiger partial charge < -0.3 is 5.32 Å². The van der Waals surface area contributed by atoms with Crippen LogP contribution in [0.1, 0.15) is 28.4 Å². The van der Waals surface area contributed by atoms with E-state index in [2.05, 4.69) is 29.5 Å². The van der Waals surface area contributed by atoms with E-state index in [1.807, 2.05) is 12.1 Å². The third-order valence-corrected chi connectivity index (χ3v) is 5.89. The zero-order valence-corrected chi connectivity index (χ0v) is 17.1. The first-order valence-electron chi connectivity index (χ1n) is 8.68. The Balaban J connectivity index is 1.79. The van der Waals surface area contributed by atoms with Gasteiger partial charge in [-0.25, -0.2) is 13.1 Å². The number of aromatic nitrogens is 2. The summed E-state index contributed by atoms with van der Waals surface area (Å²) < 4.78 is 25.3. The number of halogens is 1. The van der Waals surface area contributed by atoms with Crippen LogP contribution in [0.5, 0.6) is 0 Å². The molecule has 1 amide bonds. The minimum absolute atomic E-state index is 0.0775. The SMILES string of the molecule is CCc1ccc(Cn2nccc2NC(=O)c2ccc(Cl)c(S(C)(=O)=O)c2)cc1. The quantitative estimate of drug-likeness (QED) is 0.661. The van der Waals surface area contributed by atoms with Crippen molar-refractivity contribution in [1.82, 2.24) is 9.78 Å². The molecule has 0 aliphatic rings. The van der Waals surface area contributed by atoms with Crippen LogP contribution in [-0.4, -0.2) is 30.4 Å². The molecule has 3 rings (SSSR count). The molecule has 0 atom stereocenters. The predicted octanol–water partition coefficient (Wildman–Crippen LogP) is 3.80. The Morgan fingerprint density at radius 2 is 1.79 bits per heavy atom. The van der Waals surface area contributed by atoms with E-state index in [-0.39, 0.29) is 15.5 Å². The largest absolute Gasteiger partial charge is 0.307 e. The first-order chi connectivity index (χ1) is 13.3. The second-order valence-corrected chi connectivity index (χ2v) is 8.81. The lowest BCUT2D eigenvalue weighted by Gasteiger charge is -2.11.